The van der Waals surface area contributed by atoms with E-state index < -0.39 is 0 Å². The predicted molar refractivity (Wildman–Crippen MR) is 95.4 cm³/mol. The molecule has 3 aromatic rings. The van der Waals surface area contributed by atoms with Gasteiger partial charge in [-0.25, -0.2) is 0 Å². The maximum absolute atomic E-state index is 12.3. The van der Waals surface area contributed by atoms with Gasteiger partial charge in [0.2, 0.25) is 0 Å². The standard InChI is InChI=1S/C18H17N3O3S/c1-10-6-4-5-7-13(10)17(22)19-20-18(23)15-9-8-14(25-15)16-11(2)21-24-12(16)3/h4-9H,1-3H3,(H,19,22)(H,20,23). The molecule has 2 heterocycles. The van der Waals surface area contributed by atoms with E-state index in [0.29, 0.717) is 16.2 Å². The number of hydrogen-bond acceptors (Lipinski definition) is 5. The van der Waals surface area contributed by atoms with Crippen LogP contribution in [0.1, 0.15) is 37.0 Å². The van der Waals surface area contributed by atoms with E-state index in [-0.39, 0.29) is 11.8 Å². The van der Waals surface area contributed by atoms with E-state index in [9.17, 15) is 9.59 Å². The van der Waals surface area contributed by atoms with Crippen LogP contribution in [0.25, 0.3) is 10.4 Å². The molecule has 128 valence electrons. The van der Waals surface area contributed by atoms with Gasteiger partial charge in [-0.3, -0.25) is 20.4 Å². The number of hydrazine groups is 1. The summed E-state index contributed by atoms with van der Waals surface area (Å²) in [6, 6.07) is 10.7. The summed E-state index contributed by atoms with van der Waals surface area (Å²) >= 11 is 1.31. The van der Waals surface area contributed by atoms with Gasteiger partial charge >= 0.3 is 0 Å². The molecule has 0 bridgehead atoms. The van der Waals surface area contributed by atoms with E-state index in [1.807, 2.05) is 39.0 Å². The van der Waals surface area contributed by atoms with Crippen molar-refractivity contribution in [3.8, 4) is 10.4 Å². The minimum Gasteiger partial charge on any atom is -0.361 e. The van der Waals surface area contributed by atoms with E-state index >= 15 is 0 Å². The van der Waals surface area contributed by atoms with Gasteiger partial charge in [-0.1, -0.05) is 23.4 Å². The van der Waals surface area contributed by atoms with Gasteiger partial charge in [0.05, 0.1) is 16.1 Å². The van der Waals surface area contributed by atoms with Crippen molar-refractivity contribution < 1.29 is 14.1 Å². The highest BCUT2D eigenvalue weighted by molar-refractivity contribution is 7.17. The fraction of sp³-hybridized carbons (Fsp3) is 0.167. The van der Waals surface area contributed by atoms with Gasteiger partial charge in [0.15, 0.2) is 0 Å². The van der Waals surface area contributed by atoms with Crippen molar-refractivity contribution in [2.75, 3.05) is 0 Å². The van der Waals surface area contributed by atoms with E-state index in [0.717, 1.165) is 21.7 Å². The quantitative estimate of drug-likeness (QED) is 0.705. The number of thiophene rings is 1. The van der Waals surface area contributed by atoms with E-state index in [4.69, 9.17) is 4.52 Å². The minimum absolute atomic E-state index is 0.353. The summed E-state index contributed by atoms with van der Waals surface area (Å²) in [5.74, 6) is -0.0157. The molecule has 6 nitrogen and oxygen atoms in total. The molecule has 3 rings (SSSR count). The summed E-state index contributed by atoms with van der Waals surface area (Å²) in [6.07, 6.45) is 0. The zero-order chi connectivity index (χ0) is 18.0. The van der Waals surface area contributed by atoms with Crippen LogP contribution in [0.15, 0.2) is 40.9 Å². The Balaban J connectivity index is 1.69. The zero-order valence-electron chi connectivity index (χ0n) is 14.0. The molecule has 2 amide bonds. The van der Waals surface area contributed by atoms with Gasteiger partial charge in [-0.05, 0) is 44.5 Å². The summed E-state index contributed by atoms with van der Waals surface area (Å²) in [5, 5.41) is 3.92. The monoisotopic (exact) mass is 355 g/mol. The van der Waals surface area contributed by atoms with Crippen molar-refractivity contribution in [2.24, 2.45) is 0 Å². The molecule has 25 heavy (non-hydrogen) atoms. The molecule has 0 radical (unpaired) electrons. The molecule has 0 saturated carbocycles. The number of carbonyl (C=O) groups is 2. The second-order valence-electron chi connectivity index (χ2n) is 5.59. The smallest absolute Gasteiger partial charge is 0.279 e. The number of hydrogen-bond donors (Lipinski definition) is 2. The first-order chi connectivity index (χ1) is 12.0. The van der Waals surface area contributed by atoms with Crippen LogP contribution in [0, 0.1) is 20.8 Å². The average Bonchev–Trinajstić information content (AvgIpc) is 3.19. The summed E-state index contributed by atoms with van der Waals surface area (Å²) < 4.78 is 5.16. The molecule has 1 aromatic carbocycles. The topological polar surface area (TPSA) is 84.2 Å². The van der Waals surface area contributed by atoms with Gasteiger partial charge in [-0.2, -0.15) is 0 Å². The first-order valence-electron chi connectivity index (χ1n) is 7.66. The first kappa shape index (κ1) is 16.9. The Kier molecular flexibility index (Phi) is 4.67. The number of aromatic nitrogens is 1. The van der Waals surface area contributed by atoms with Crippen LogP contribution < -0.4 is 10.9 Å². The molecule has 0 saturated heterocycles. The van der Waals surface area contributed by atoms with Crippen LogP contribution in [-0.4, -0.2) is 17.0 Å². The Morgan fingerprint density at radius 3 is 2.40 bits per heavy atom. The minimum atomic E-state index is -0.370. The Morgan fingerprint density at radius 1 is 1.00 bits per heavy atom. The van der Waals surface area contributed by atoms with Crippen LogP contribution in [-0.2, 0) is 0 Å². The maximum atomic E-state index is 12.3. The SMILES string of the molecule is Cc1ccccc1C(=O)NNC(=O)c1ccc(-c2c(C)noc2C)s1. The molecule has 0 atom stereocenters. The zero-order valence-corrected chi connectivity index (χ0v) is 14.9. The largest absolute Gasteiger partial charge is 0.361 e. The summed E-state index contributed by atoms with van der Waals surface area (Å²) in [5.41, 5.74) is 7.92. The molecule has 2 N–H and O–H groups in total. The number of rotatable bonds is 3. The molecule has 2 aromatic heterocycles. The van der Waals surface area contributed by atoms with Crippen LogP contribution in [0.2, 0.25) is 0 Å². The average molecular weight is 355 g/mol. The maximum Gasteiger partial charge on any atom is 0.279 e. The van der Waals surface area contributed by atoms with Crippen molar-refractivity contribution in [3.63, 3.8) is 0 Å². The highest BCUT2D eigenvalue weighted by Gasteiger charge is 2.17. The van der Waals surface area contributed by atoms with Crippen LogP contribution in [0.5, 0.6) is 0 Å². The van der Waals surface area contributed by atoms with Gasteiger partial charge in [0, 0.05) is 10.4 Å². The third-order valence-corrected chi connectivity index (χ3v) is 4.89. The lowest BCUT2D eigenvalue weighted by Crippen LogP contribution is -2.41. The predicted octanol–water partition coefficient (Wildman–Crippen LogP) is 3.40. The fourth-order valence-electron chi connectivity index (χ4n) is 2.50. The molecule has 0 aliphatic rings. The molecular weight excluding hydrogens is 338 g/mol. The third-order valence-electron chi connectivity index (χ3n) is 3.79. The Bertz CT molecular complexity index is 923. The fourth-order valence-corrected chi connectivity index (χ4v) is 3.55. The van der Waals surface area contributed by atoms with Gasteiger partial charge in [0.25, 0.3) is 11.8 Å². The molecule has 0 spiro atoms. The summed E-state index contributed by atoms with van der Waals surface area (Å²) in [4.78, 5) is 25.8. The number of benzene rings is 1. The summed E-state index contributed by atoms with van der Waals surface area (Å²) in [6.45, 7) is 5.52. The van der Waals surface area contributed by atoms with Crippen molar-refractivity contribution in [3.05, 3.63) is 63.9 Å². The highest BCUT2D eigenvalue weighted by atomic mass is 32.1. The van der Waals surface area contributed by atoms with Crippen LogP contribution in [0.3, 0.4) is 0 Å². The molecule has 7 heteroatoms. The highest BCUT2D eigenvalue weighted by Crippen LogP contribution is 2.32. The van der Waals surface area contributed by atoms with Gasteiger partial charge < -0.3 is 4.52 Å². The van der Waals surface area contributed by atoms with Crippen molar-refractivity contribution in [1.29, 1.82) is 0 Å². The van der Waals surface area contributed by atoms with E-state index in [1.165, 1.54) is 11.3 Å². The lowest BCUT2D eigenvalue weighted by Gasteiger charge is -2.08. The van der Waals surface area contributed by atoms with Crippen molar-refractivity contribution >= 4 is 23.2 Å². The Morgan fingerprint density at radius 2 is 1.72 bits per heavy atom. The van der Waals surface area contributed by atoms with E-state index in [1.54, 1.807) is 18.2 Å². The van der Waals surface area contributed by atoms with Gasteiger partial charge in [0.1, 0.15) is 5.76 Å². The van der Waals surface area contributed by atoms with E-state index in [2.05, 4.69) is 16.0 Å². The lowest BCUT2D eigenvalue weighted by atomic mass is 10.1. The number of amides is 2. The third kappa shape index (κ3) is 3.46. The van der Waals surface area contributed by atoms with Gasteiger partial charge in [-0.15, -0.1) is 11.3 Å². The second-order valence-corrected chi connectivity index (χ2v) is 6.67. The lowest BCUT2D eigenvalue weighted by molar-refractivity contribution is 0.0848. The van der Waals surface area contributed by atoms with Crippen LogP contribution >= 0.6 is 11.3 Å². The Labute approximate surface area is 148 Å². The Hall–Kier alpha value is -2.93. The number of carbonyl (C=O) groups excluding carboxylic acids is 2. The second kappa shape index (κ2) is 6.90. The number of nitrogens with one attached hydrogen (secondary N) is 2. The molecule has 0 fully saturated rings. The first-order valence-corrected chi connectivity index (χ1v) is 8.48. The molecular formula is C18H17N3O3S. The van der Waals surface area contributed by atoms with Crippen molar-refractivity contribution in [2.45, 2.75) is 20.8 Å². The molecule has 0 unspecified atom stereocenters. The van der Waals surface area contributed by atoms with Crippen molar-refractivity contribution in [1.82, 2.24) is 16.0 Å². The number of nitrogens with zero attached hydrogens (tertiary/aromatic N) is 1. The summed E-state index contributed by atoms with van der Waals surface area (Å²) in [7, 11) is 0. The number of aryl methyl sites for hydroxylation is 3. The normalized spacial score (nSPS) is 10.5. The molecule has 0 aliphatic heterocycles. The molecule has 0 aliphatic carbocycles. The van der Waals surface area contributed by atoms with Crippen LogP contribution in [0.4, 0.5) is 0 Å².